The summed E-state index contributed by atoms with van der Waals surface area (Å²) in [4.78, 5) is 11.3. The van der Waals surface area contributed by atoms with Crippen LogP contribution in [-0.4, -0.2) is 12.3 Å². The van der Waals surface area contributed by atoms with Crippen LogP contribution in [0.3, 0.4) is 0 Å². The van der Waals surface area contributed by atoms with Gasteiger partial charge in [0.15, 0.2) is 0 Å². The molecular formula is C15H26BrNO. The molecule has 0 saturated heterocycles. The number of rotatable bonds is 11. The summed E-state index contributed by atoms with van der Waals surface area (Å²) in [6.07, 6.45) is 8.81. The van der Waals surface area contributed by atoms with Gasteiger partial charge in [0, 0.05) is 29.6 Å². The Kier molecular flexibility index (Phi) is 11.2. The summed E-state index contributed by atoms with van der Waals surface area (Å²) < 4.78 is 0.905. The first kappa shape index (κ1) is 17.4. The Hall–Kier alpha value is -0.570. The molecule has 0 aromatic rings. The van der Waals surface area contributed by atoms with Crippen molar-refractivity contribution in [3.8, 4) is 0 Å². The molecule has 2 nitrogen and oxygen atoms in total. The molecule has 1 N–H and O–H groups in total. The van der Waals surface area contributed by atoms with Crippen molar-refractivity contribution in [1.82, 2.24) is 5.32 Å². The predicted molar refractivity (Wildman–Crippen MR) is 82.8 cm³/mol. The number of unbranched alkanes of at least 4 members (excludes halogenated alkanes) is 2. The van der Waals surface area contributed by atoms with Crippen molar-refractivity contribution in [2.75, 3.05) is 6.54 Å². The highest BCUT2D eigenvalue weighted by atomic mass is 79.9. The predicted octanol–water partition coefficient (Wildman–Crippen LogP) is 4.71. The standard InChI is InChI=1S/C15H26BrNO/c1-4-9-14(18)11-7-6-8-12-17-15(10-5-2)13(3)16/h10,17H,3-9,11-12H2,1-2H3/b15-10+. The van der Waals surface area contributed by atoms with E-state index < -0.39 is 0 Å². The second-order valence-corrected chi connectivity index (χ2v) is 5.41. The Morgan fingerprint density at radius 2 is 1.94 bits per heavy atom. The molecular weight excluding hydrogens is 290 g/mol. The van der Waals surface area contributed by atoms with Crippen molar-refractivity contribution in [3.63, 3.8) is 0 Å². The molecule has 3 heteroatoms. The maximum atomic E-state index is 11.3. The molecule has 0 aliphatic carbocycles. The second-order valence-electron chi connectivity index (χ2n) is 4.46. The third-order valence-electron chi connectivity index (χ3n) is 2.68. The second kappa shape index (κ2) is 11.5. The fraction of sp³-hybridized carbons (Fsp3) is 0.667. The summed E-state index contributed by atoms with van der Waals surface area (Å²) in [5, 5.41) is 3.36. The SMILES string of the molecule is C=C(Br)/C(=C\CC)NCCCCCC(=O)CCC. The van der Waals surface area contributed by atoms with Crippen LogP contribution in [0, 0.1) is 0 Å². The minimum absolute atomic E-state index is 0.408. The van der Waals surface area contributed by atoms with Crippen LogP contribution in [0.4, 0.5) is 0 Å². The van der Waals surface area contributed by atoms with Gasteiger partial charge < -0.3 is 5.32 Å². The molecule has 0 unspecified atom stereocenters. The third-order valence-corrected chi connectivity index (χ3v) is 3.10. The number of hydrogen-bond donors (Lipinski definition) is 1. The zero-order chi connectivity index (χ0) is 13.8. The third kappa shape index (κ3) is 9.46. The quantitative estimate of drug-likeness (QED) is 0.442. The normalized spacial score (nSPS) is 11.4. The van der Waals surface area contributed by atoms with Crippen molar-refractivity contribution in [2.45, 2.75) is 58.8 Å². The van der Waals surface area contributed by atoms with E-state index in [1.54, 1.807) is 0 Å². The molecule has 0 aromatic carbocycles. The van der Waals surface area contributed by atoms with Gasteiger partial charge >= 0.3 is 0 Å². The number of nitrogens with one attached hydrogen (secondary N) is 1. The molecule has 0 aliphatic heterocycles. The van der Waals surface area contributed by atoms with Gasteiger partial charge in [0.05, 0.1) is 0 Å². The van der Waals surface area contributed by atoms with Crippen molar-refractivity contribution < 1.29 is 4.79 Å². The van der Waals surface area contributed by atoms with Crippen molar-refractivity contribution in [2.24, 2.45) is 0 Å². The number of Topliss-reactive ketones (excluding diaryl/α,β-unsaturated/α-hetero) is 1. The summed E-state index contributed by atoms with van der Waals surface area (Å²) in [6, 6.07) is 0. The number of halogens is 1. The molecule has 0 radical (unpaired) electrons. The van der Waals surface area contributed by atoms with E-state index in [4.69, 9.17) is 0 Å². The molecule has 0 aromatic heterocycles. The van der Waals surface area contributed by atoms with Crippen LogP contribution in [0.25, 0.3) is 0 Å². The maximum Gasteiger partial charge on any atom is 0.132 e. The number of allylic oxidation sites excluding steroid dienone is 2. The minimum Gasteiger partial charge on any atom is -0.384 e. The van der Waals surface area contributed by atoms with E-state index in [0.29, 0.717) is 5.78 Å². The fourth-order valence-corrected chi connectivity index (χ4v) is 2.04. The van der Waals surface area contributed by atoms with Gasteiger partial charge in [-0.25, -0.2) is 0 Å². The van der Waals surface area contributed by atoms with Crippen LogP contribution in [0.5, 0.6) is 0 Å². The topological polar surface area (TPSA) is 29.1 Å². The van der Waals surface area contributed by atoms with Crippen LogP contribution in [0.2, 0.25) is 0 Å². The van der Waals surface area contributed by atoms with Gasteiger partial charge in [0.25, 0.3) is 0 Å². The van der Waals surface area contributed by atoms with Gasteiger partial charge in [-0.1, -0.05) is 32.9 Å². The van der Waals surface area contributed by atoms with E-state index >= 15 is 0 Å². The Morgan fingerprint density at radius 3 is 2.50 bits per heavy atom. The molecule has 0 amide bonds. The largest absolute Gasteiger partial charge is 0.384 e. The number of hydrogen-bond acceptors (Lipinski definition) is 2. The van der Waals surface area contributed by atoms with Crippen molar-refractivity contribution in [3.05, 3.63) is 22.8 Å². The molecule has 0 aliphatic rings. The molecule has 0 bridgehead atoms. The smallest absolute Gasteiger partial charge is 0.132 e. The zero-order valence-corrected chi connectivity index (χ0v) is 13.3. The summed E-state index contributed by atoms with van der Waals surface area (Å²) in [5.74, 6) is 0.408. The van der Waals surface area contributed by atoms with Crippen LogP contribution in [0.1, 0.15) is 58.8 Å². The van der Waals surface area contributed by atoms with E-state index in [1.165, 1.54) is 0 Å². The Balaban J connectivity index is 3.58. The number of carbonyl (C=O) groups is 1. The first-order valence-electron chi connectivity index (χ1n) is 6.92. The summed E-state index contributed by atoms with van der Waals surface area (Å²) >= 11 is 3.39. The van der Waals surface area contributed by atoms with Gasteiger partial charge in [-0.2, -0.15) is 0 Å². The van der Waals surface area contributed by atoms with Crippen molar-refractivity contribution in [1.29, 1.82) is 0 Å². The number of ketones is 1. The van der Waals surface area contributed by atoms with Crippen LogP contribution in [0.15, 0.2) is 22.8 Å². The average molecular weight is 316 g/mol. The lowest BCUT2D eigenvalue weighted by Gasteiger charge is -2.09. The highest BCUT2D eigenvalue weighted by Crippen LogP contribution is 2.12. The molecule has 0 fully saturated rings. The Labute approximate surface area is 120 Å². The summed E-state index contributed by atoms with van der Waals surface area (Å²) in [7, 11) is 0. The molecule has 104 valence electrons. The van der Waals surface area contributed by atoms with Crippen LogP contribution < -0.4 is 5.32 Å². The lowest BCUT2D eigenvalue weighted by Crippen LogP contribution is -2.14. The maximum absolute atomic E-state index is 11.3. The van der Waals surface area contributed by atoms with E-state index in [9.17, 15) is 4.79 Å². The fourth-order valence-electron chi connectivity index (χ4n) is 1.73. The average Bonchev–Trinajstić information content (AvgIpc) is 2.32. The number of carbonyl (C=O) groups excluding carboxylic acids is 1. The van der Waals surface area contributed by atoms with Crippen LogP contribution in [-0.2, 0) is 4.79 Å². The molecule has 18 heavy (non-hydrogen) atoms. The molecule has 0 saturated carbocycles. The monoisotopic (exact) mass is 315 g/mol. The van der Waals surface area contributed by atoms with Crippen molar-refractivity contribution >= 4 is 21.7 Å². The molecule has 0 atom stereocenters. The van der Waals surface area contributed by atoms with Gasteiger partial charge in [-0.15, -0.1) is 0 Å². The van der Waals surface area contributed by atoms with E-state index in [-0.39, 0.29) is 0 Å². The Morgan fingerprint density at radius 1 is 1.22 bits per heavy atom. The lowest BCUT2D eigenvalue weighted by atomic mass is 10.1. The molecule has 0 rings (SSSR count). The Bertz CT molecular complexity index is 284. The van der Waals surface area contributed by atoms with E-state index in [0.717, 1.165) is 61.7 Å². The van der Waals surface area contributed by atoms with Gasteiger partial charge in [0.2, 0.25) is 0 Å². The summed E-state index contributed by atoms with van der Waals surface area (Å²) in [5.41, 5.74) is 1.08. The lowest BCUT2D eigenvalue weighted by molar-refractivity contribution is -0.119. The summed E-state index contributed by atoms with van der Waals surface area (Å²) in [6.45, 7) is 8.98. The van der Waals surface area contributed by atoms with Gasteiger partial charge in [-0.05, 0) is 41.6 Å². The van der Waals surface area contributed by atoms with Gasteiger partial charge in [0.1, 0.15) is 5.78 Å². The van der Waals surface area contributed by atoms with E-state index in [2.05, 4.69) is 47.7 Å². The highest BCUT2D eigenvalue weighted by Gasteiger charge is 2.00. The van der Waals surface area contributed by atoms with Crippen LogP contribution >= 0.6 is 15.9 Å². The zero-order valence-electron chi connectivity index (χ0n) is 11.7. The molecule has 0 heterocycles. The van der Waals surface area contributed by atoms with Gasteiger partial charge in [-0.3, -0.25) is 4.79 Å². The first-order valence-corrected chi connectivity index (χ1v) is 7.71. The molecule has 0 spiro atoms. The highest BCUT2D eigenvalue weighted by molar-refractivity contribution is 9.11. The van der Waals surface area contributed by atoms with E-state index in [1.807, 2.05) is 0 Å². The minimum atomic E-state index is 0.408. The first-order chi connectivity index (χ1) is 8.61.